The average molecular weight is 280 g/mol. The fourth-order valence-electron chi connectivity index (χ4n) is 2.35. The first-order valence-electron chi connectivity index (χ1n) is 6.93. The maximum atomic E-state index is 11.8. The van der Waals surface area contributed by atoms with E-state index in [-0.39, 0.29) is 11.7 Å². The lowest BCUT2D eigenvalue weighted by Crippen LogP contribution is -2.05. The molecule has 0 aliphatic rings. The zero-order chi connectivity index (χ0) is 14.8. The van der Waals surface area contributed by atoms with E-state index in [0.717, 1.165) is 16.5 Å². The molecule has 0 amide bonds. The van der Waals surface area contributed by atoms with E-state index in [1.54, 1.807) is 6.07 Å². The molecule has 0 N–H and O–H groups in total. The Morgan fingerprint density at radius 2 is 1.76 bits per heavy atom. The van der Waals surface area contributed by atoms with Crippen molar-refractivity contribution in [3.05, 3.63) is 65.0 Å². The van der Waals surface area contributed by atoms with Gasteiger partial charge in [0, 0.05) is 17.5 Å². The van der Waals surface area contributed by atoms with Crippen molar-refractivity contribution in [1.29, 1.82) is 0 Å². The highest BCUT2D eigenvalue weighted by atomic mass is 16.5. The number of hydrogen-bond donors (Lipinski definition) is 0. The molecule has 2 aromatic carbocycles. The Bertz CT molecular complexity index is 817. The molecule has 3 rings (SSSR count). The van der Waals surface area contributed by atoms with Gasteiger partial charge in [-0.15, -0.1) is 0 Å². The minimum atomic E-state index is -0.358. The summed E-state index contributed by atoms with van der Waals surface area (Å²) in [5.41, 5.74) is 2.05. The third-order valence-electron chi connectivity index (χ3n) is 3.17. The fourth-order valence-corrected chi connectivity index (χ4v) is 2.35. The Morgan fingerprint density at radius 3 is 2.48 bits per heavy atom. The van der Waals surface area contributed by atoms with Gasteiger partial charge in [-0.2, -0.15) is 0 Å². The van der Waals surface area contributed by atoms with Crippen LogP contribution in [0.25, 0.3) is 22.1 Å². The summed E-state index contributed by atoms with van der Waals surface area (Å²) in [5, 5.41) is 0.900. The van der Waals surface area contributed by atoms with Crippen LogP contribution in [0.15, 0.2) is 63.8 Å². The molecule has 3 nitrogen and oxygen atoms in total. The van der Waals surface area contributed by atoms with Crippen molar-refractivity contribution in [2.45, 2.75) is 20.0 Å². The largest absolute Gasteiger partial charge is 0.491 e. The van der Waals surface area contributed by atoms with Gasteiger partial charge in [0.15, 0.2) is 0 Å². The standard InChI is InChI=1S/C18H16O3/c1-12(2)20-14-8-9-15-16(13-6-4-3-5-7-13)11-18(19)21-17(15)10-14/h3-12H,1-2H3. The van der Waals surface area contributed by atoms with Crippen LogP contribution in [-0.2, 0) is 0 Å². The summed E-state index contributed by atoms with van der Waals surface area (Å²) < 4.78 is 11.0. The molecular weight excluding hydrogens is 264 g/mol. The molecule has 0 bridgehead atoms. The van der Waals surface area contributed by atoms with Crippen molar-refractivity contribution in [2.75, 3.05) is 0 Å². The Kier molecular flexibility index (Phi) is 3.48. The predicted octanol–water partition coefficient (Wildman–Crippen LogP) is 4.25. The predicted molar refractivity (Wildman–Crippen MR) is 83.7 cm³/mol. The van der Waals surface area contributed by atoms with E-state index in [2.05, 4.69) is 0 Å². The SMILES string of the molecule is CC(C)Oc1ccc2c(-c3ccccc3)cc(=O)oc2c1. The molecule has 0 aliphatic heterocycles. The molecule has 0 saturated carbocycles. The Hall–Kier alpha value is -2.55. The van der Waals surface area contributed by atoms with E-state index < -0.39 is 0 Å². The molecule has 1 heterocycles. The van der Waals surface area contributed by atoms with Gasteiger partial charge in [-0.05, 0) is 37.1 Å². The van der Waals surface area contributed by atoms with Crippen LogP contribution in [0.3, 0.4) is 0 Å². The number of rotatable bonds is 3. The van der Waals surface area contributed by atoms with Crippen molar-refractivity contribution in [3.8, 4) is 16.9 Å². The van der Waals surface area contributed by atoms with Gasteiger partial charge >= 0.3 is 5.63 Å². The van der Waals surface area contributed by atoms with Crippen LogP contribution in [-0.4, -0.2) is 6.10 Å². The summed E-state index contributed by atoms with van der Waals surface area (Å²) >= 11 is 0. The first-order valence-corrected chi connectivity index (χ1v) is 6.93. The van der Waals surface area contributed by atoms with Crippen molar-refractivity contribution < 1.29 is 9.15 Å². The molecule has 21 heavy (non-hydrogen) atoms. The lowest BCUT2D eigenvalue weighted by molar-refractivity contribution is 0.242. The zero-order valence-electron chi connectivity index (χ0n) is 12.0. The van der Waals surface area contributed by atoms with E-state index in [4.69, 9.17) is 9.15 Å². The molecule has 3 heteroatoms. The topological polar surface area (TPSA) is 39.4 Å². The van der Waals surface area contributed by atoms with E-state index >= 15 is 0 Å². The quantitative estimate of drug-likeness (QED) is 0.673. The second-order valence-electron chi connectivity index (χ2n) is 5.17. The molecule has 1 aromatic heterocycles. The number of fused-ring (bicyclic) bond motifs is 1. The van der Waals surface area contributed by atoms with Crippen LogP contribution in [0.5, 0.6) is 5.75 Å². The second kappa shape index (κ2) is 5.44. The number of ether oxygens (including phenoxy) is 1. The van der Waals surface area contributed by atoms with Gasteiger partial charge in [0.05, 0.1) is 6.10 Å². The first-order chi connectivity index (χ1) is 10.1. The lowest BCUT2D eigenvalue weighted by atomic mass is 10.0. The molecule has 0 radical (unpaired) electrons. The van der Waals surface area contributed by atoms with Gasteiger partial charge in [-0.1, -0.05) is 30.3 Å². The minimum absolute atomic E-state index is 0.0754. The summed E-state index contributed by atoms with van der Waals surface area (Å²) in [4.78, 5) is 11.8. The van der Waals surface area contributed by atoms with E-state index in [0.29, 0.717) is 11.3 Å². The third-order valence-corrected chi connectivity index (χ3v) is 3.17. The molecule has 3 aromatic rings. The molecule has 0 unspecified atom stereocenters. The van der Waals surface area contributed by atoms with Crippen LogP contribution in [0.4, 0.5) is 0 Å². The molecule has 0 aliphatic carbocycles. The first kappa shape index (κ1) is 13.4. The Balaban J connectivity index is 2.20. The normalized spacial score (nSPS) is 11.0. The van der Waals surface area contributed by atoms with Crippen LogP contribution < -0.4 is 10.4 Å². The highest BCUT2D eigenvalue weighted by Gasteiger charge is 2.09. The lowest BCUT2D eigenvalue weighted by Gasteiger charge is -2.11. The van der Waals surface area contributed by atoms with Crippen molar-refractivity contribution in [1.82, 2.24) is 0 Å². The summed E-state index contributed by atoms with van der Waals surface area (Å²) in [7, 11) is 0. The maximum Gasteiger partial charge on any atom is 0.336 e. The van der Waals surface area contributed by atoms with Gasteiger partial charge in [0.2, 0.25) is 0 Å². The average Bonchev–Trinajstić information content (AvgIpc) is 2.46. The molecule has 0 fully saturated rings. The van der Waals surface area contributed by atoms with Gasteiger partial charge in [0.1, 0.15) is 11.3 Å². The van der Waals surface area contributed by atoms with E-state index in [1.165, 1.54) is 6.07 Å². The Labute approximate surface area is 122 Å². The molecule has 0 spiro atoms. The molecular formula is C18H16O3. The minimum Gasteiger partial charge on any atom is -0.491 e. The monoisotopic (exact) mass is 280 g/mol. The van der Waals surface area contributed by atoms with Crippen molar-refractivity contribution >= 4 is 11.0 Å². The van der Waals surface area contributed by atoms with Crippen LogP contribution in [0.2, 0.25) is 0 Å². The highest BCUT2D eigenvalue weighted by molar-refractivity contribution is 5.93. The van der Waals surface area contributed by atoms with E-state index in [9.17, 15) is 4.79 Å². The Morgan fingerprint density at radius 1 is 1.00 bits per heavy atom. The van der Waals surface area contributed by atoms with Gasteiger partial charge < -0.3 is 9.15 Å². The van der Waals surface area contributed by atoms with Gasteiger partial charge in [-0.25, -0.2) is 4.79 Å². The van der Waals surface area contributed by atoms with Crippen LogP contribution in [0, 0.1) is 0 Å². The number of hydrogen-bond acceptors (Lipinski definition) is 3. The summed E-state index contributed by atoms with van der Waals surface area (Å²) in [5.74, 6) is 0.700. The summed E-state index contributed by atoms with van der Waals surface area (Å²) in [6, 6.07) is 16.9. The van der Waals surface area contributed by atoms with E-state index in [1.807, 2.05) is 56.3 Å². The molecule has 106 valence electrons. The fraction of sp³-hybridized carbons (Fsp3) is 0.167. The van der Waals surface area contributed by atoms with Crippen molar-refractivity contribution in [3.63, 3.8) is 0 Å². The van der Waals surface area contributed by atoms with Crippen LogP contribution >= 0.6 is 0 Å². The van der Waals surface area contributed by atoms with Gasteiger partial charge in [-0.3, -0.25) is 0 Å². The summed E-state index contributed by atoms with van der Waals surface area (Å²) in [6.45, 7) is 3.92. The highest BCUT2D eigenvalue weighted by Crippen LogP contribution is 2.29. The maximum absolute atomic E-state index is 11.8. The molecule has 0 atom stereocenters. The smallest absolute Gasteiger partial charge is 0.336 e. The summed E-state index contributed by atoms with van der Waals surface area (Å²) in [6.07, 6.45) is 0.0754. The second-order valence-corrected chi connectivity index (χ2v) is 5.17. The van der Waals surface area contributed by atoms with Crippen molar-refractivity contribution in [2.24, 2.45) is 0 Å². The number of benzene rings is 2. The van der Waals surface area contributed by atoms with Gasteiger partial charge in [0.25, 0.3) is 0 Å². The zero-order valence-corrected chi connectivity index (χ0v) is 12.0. The third kappa shape index (κ3) is 2.82. The molecule has 0 saturated heterocycles. The van der Waals surface area contributed by atoms with Crippen LogP contribution in [0.1, 0.15) is 13.8 Å².